The van der Waals surface area contributed by atoms with Crippen LogP contribution in [0.3, 0.4) is 0 Å². The fraction of sp³-hybridized carbons (Fsp3) is 0.263. The summed E-state index contributed by atoms with van der Waals surface area (Å²) in [5, 5.41) is 14.0. The normalized spacial score (nSPS) is 10.6. The summed E-state index contributed by atoms with van der Waals surface area (Å²) in [4.78, 5) is 12.1. The number of ether oxygens (including phenoxy) is 1. The number of carbonyl (C=O) groups is 1. The zero-order valence-electron chi connectivity index (χ0n) is 15.1. The molecule has 1 N–H and O–H groups in total. The molecule has 0 aliphatic heterocycles. The van der Waals surface area contributed by atoms with E-state index in [0.29, 0.717) is 6.61 Å². The van der Waals surface area contributed by atoms with Crippen molar-refractivity contribution in [2.24, 2.45) is 0 Å². The quantitative estimate of drug-likeness (QED) is 0.738. The third kappa shape index (κ3) is 4.44. The number of nitrogens with zero attached hydrogens (tertiary/aromatic N) is 4. The van der Waals surface area contributed by atoms with Crippen LogP contribution in [0.5, 0.6) is 5.75 Å². The van der Waals surface area contributed by atoms with Crippen LogP contribution in [0.25, 0.3) is 5.69 Å². The molecule has 2 aromatic carbocycles. The smallest absolute Gasteiger partial charge is 0.227 e. The second kappa shape index (κ2) is 7.77. The van der Waals surface area contributed by atoms with Gasteiger partial charge < -0.3 is 10.1 Å². The maximum Gasteiger partial charge on any atom is 0.227 e. The Morgan fingerprint density at radius 2 is 1.88 bits per heavy atom. The highest BCUT2D eigenvalue weighted by Gasteiger charge is 2.07. The van der Waals surface area contributed by atoms with Crippen LogP contribution < -0.4 is 10.1 Å². The number of aryl methyl sites for hydroxylation is 3. The SMILES string of the molecule is Cc1cc(C)cc(OCCC(=O)Nc2ccc(-n3cnnn3)c(C)c2)c1. The van der Waals surface area contributed by atoms with Gasteiger partial charge in [0.2, 0.25) is 5.91 Å². The van der Waals surface area contributed by atoms with Crippen LogP contribution >= 0.6 is 0 Å². The van der Waals surface area contributed by atoms with E-state index >= 15 is 0 Å². The molecule has 0 spiro atoms. The Kier molecular flexibility index (Phi) is 5.26. The first-order chi connectivity index (χ1) is 12.5. The molecule has 0 saturated carbocycles. The highest BCUT2D eigenvalue weighted by atomic mass is 16.5. The van der Waals surface area contributed by atoms with Crippen molar-refractivity contribution in [2.75, 3.05) is 11.9 Å². The van der Waals surface area contributed by atoms with E-state index in [1.165, 1.54) is 6.33 Å². The van der Waals surface area contributed by atoms with Crippen LogP contribution in [0.1, 0.15) is 23.1 Å². The predicted molar refractivity (Wildman–Crippen MR) is 98.5 cm³/mol. The standard InChI is InChI=1S/C19H21N5O2/c1-13-8-14(2)10-17(9-13)26-7-6-19(25)21-16-4-5-18(15(3)11-16)24-12-20-22-23-24/h4-5,8-12H,6-7H2,1-3H3,(H,21,25). The maximum absolute atomic E-state index is 12.1. The van der Waals surface area contributed by atoms with Crippen molar-refractivity contribution in [3.63, 3.8) is 0 Å². The molecule has 0 bridgehead atoms. The van der Waals surface area contributed by atoms with Crippen molar-refractivity contribution in [1.29, 1.82) is 0 Å². The van der Waals surface area contributed by atoms with Crippen molar-refractivity contribution in [1.82, 2.24) is 20.2 Å². The number of nitrogens with one attached hydrogen (secondary N) is 1. The average Bonchev–Trinajstić information content (AvgIpc) is 3.08. The minimum absolute atomic E-state index is 0.0936. The molecule has 134 valence electrons. The van der Waals surface area contributed by atoms with Gasteiger partial charge in [-0.1, -0.05) is 6.07 Å². The van der Waals surface area contributed by atoms with Gasteiger partial charge in [0.05, 0.1) is 18.7 Å². The molecule has 0 aliphatic carbocycles. The van der Waals surface area contributed by atoms with Gasteiger partial charge in [0, 0.05) is 5.69 Å². The fourth-order valence-corrected chi connectivity index (χ4v) is 2.76. The monoisotopic (exact) mass is 351 g/mol. The third-order valence-corrected chi connectivity index (χ3v) is 3.87. The molecule has 1 heterocycles. The summed E-state index contributed by atoms with van der Waals surface area (Å²) >= 11 is 0. The van der Waals surface area contributed by atoms with Gasteiger partial charge >= 0.3 is 0 Å². The number of anilines is 1. The Hall–Kier alpha value is -3.22. The Balaban J connectivity index is 1.54. The van der Waals surface area contributed by atoms with Gasteiger partial charge in [-0.2, -0.15) is 0 Å². The van der Waals surface area contributed by atoms with Crippen LogP contribution in [0.15, 0.2) is 42.7 Å². The lowest BCUT2D eigenvalue weighted by molar-refractivity contribution is -0.116. The average molecular weight is 351 g/mol. The van der Waals surface area contributed by atoms with Crippen molar-refractivity contribution >= 4 is 11.6 Å². The maximum atomic E-state index is 12.1. The summed E-state index contributed by atoms with van der Waals surface area (Å²) in [7, 11) is 0. The van der Waals surface area contributed by atoms with Gasteiger partial charge in [-0.05, 0) is 78.2 Å². The summed E-state index contributed by atoms with van der Waals surface area (Å²) in [6.07, 6.45) is 1.81. The number of benzene rings is 2. The van der Waals surface area contributed by atoms with E-state index in [1.54, 1.807) is 4.68 Å². The summed E-state index contributed by atoms with van der Waals surface area (Å²) in [6.45, 7) is 6.31. The van der Waals surface area contributed by atoms with Crippen LogP contribution in [0, 0.1) is 20.8 Å². The van der Waals surface area contributed by atoms with Crippen LogP contribution in [0.2, 0.25) is 0 Å². The number of hydrogen-bond donors (Lipinski definition) is 1. The molecular formula is C19H21N5O2. The molecule has 0 radical (unpaired) electrons. The molecule has 0 aliphatic rings. The number of rotatable bonds is 6. The summed E-state index contributed by atoms with van der Waals surface area (Å²) in [6, 6.07) is 11.6. The number of tetrazole rings is 1. The molecule has 0 atom stereocenters. The summed E-state index contributed by atoms with van der Waals surface area (Å²) in [5.74, 6) is 0.695. The molecule has 1 amide bonds. The minimum atomic E-state index is -0.0936. The number of aromatic nitrogens is 4. The van der Waals surface area contributed by atoms with Crippen molar-refractivity contribution in [2.45, 2.75) is 27.2 Å². The highest BCUT2D eigenvalue weighted by molar-refractivity contribution is 5.91. The minimum Gasteiger partial charge on any atom is -0.493 e. The molecule has 0 saturated heterocycles. The topological polar surface area (TPSA) is 81.9 Å². The van der Waals surface area contributed by atoms with E-state index in [4.69, 9.17) is 4.74 Å². The van der Waals surface area contributed by atoms with E-state index in [-0.39, 0.29) is 12.3 Å². The molecule has 1 aromatic heterocycles. The molecule has 0 fully saturated rings. The lowest BCUT2D eigenvalue weighted by atomic mass is 10.1. The highest BCUT2D eigenvalue weighted by Crippen LogP contribution is 2.19. The van der Waals surface area contributed by atoms with Gasteiger partial charge in [0.15, 0.2) is 0 Å². The Morgan fingerprint density at radius 3 is 2.54 bits per heavy atom. The number of hydrogen-bond acceptors (Lipinski definition) is 5. The first kappa shape index (κ1) is 17.6. The molecule has 7 nitrogen and oxygen atoms in total. The summed E-state index contributed by atoms with van der Waals surface area (Å²) in [5.41, 5.74) is 4.84. The van der Waals surface area contributed by atoms with Crippen LogP contribution in [-0.2, 0) is 4.79 Å². The zero-order chi connectivity index (χ0) is 18.5. The molecular weight excluding hydrogens is 330 g/mol. The molecule has 3 aromatic rings. The Labute approximate surface area is 152 Å². The van der Waals surface area contributed by atoms with Crippen LogP contribution in [0.4, 0.5) is 5.69 Å². The fourth-order valence-electron chi connectivity index (χ4n) is 2.76. The molecule has 0 unspecified atom stereocenters. The van der Waals surface area contributed by atoms with Gasteiger partial charge in [-0.25, -0.2) is 4.68 Å². The van der Waals surface area contributed by atoms with E-state index in [0.717, 1.165) is 33.8 Å². The van der Waals surface area contributed by atoms with Gasteiger partial charge in [-0.3, -0.25) is 4.79 Å². The largest absolute Gasteiger partial charge is 0.493 e. The summed E-state index contributed by atoms with van der Waals surface area (Å²) < 4.78 is 7.26. The first-order valence-electron chi connectivity index (χ1n) is 8.36. The van der Waals surface area contributed by atoms with E-state index in [2.05, 4.69) is 26.9 Å². The second-order valence-electron chi connectivity index (χ2n) is 6.23. The Morgan fingerprint density at radius 1 is 1.12 bits per heavy atom. The molecule has 26 heavy (non-hydrogen) atoms. The lowest BCUT2D eigenvalue weighted by Gasteiger charge is -2.10. The lowest BCUT2D eigenvalue weighted by Crippen LogP contribution is -2.15. The number of carbonyl (C=O) groups excluding carboxylic acids is 1. The third-order valence-electron chi connectivity index (χ3n) is 3.87. The van der Waals surface area contributed by atoms with Crippen molar-refractivity contribution < 1.29 is 9.53 Å². The van der Waals surface area contributed by atoms with Crippen molar-refractivity contribution in [3.8, 4) is 11.4 Å². The van der Waals surface area contributed by atoms with Gasteiger partial charge in [0.1, 0.15) is 12.1 Å². The second-order valence-corrected chi connectivity index (χ2v) is 6.23. The predicted octanol–water partition coefficient (Wildman–Crippen LogP) is 3.00. The Bertz CT molecular complexity index is 886. The molecule has 7 heteroatoms. The van der Waals surface area contributed by atoms with Crippen LogP contribution in [-0.4, -0.2) is 32.7 Å². The number of amides is 1. The van der Waals surface area contributed by atoms with E-state index < -0.39 is 0 Å². The van der Waals surface area contributed by atoms with E-state index in [9.17, 15) is 4.79 Å². The first-order valence-corrected chi connectivity index (χ1v) is 8.36. The molecule has 3 rings (SSSR count). The van der Waals surface area contributed by atoms with Crippen molar-refractivity contribution in [3.05, 3.63) is 59.4 Å². The van der Waals surface area contributed by atoms with Gasteiger partial charge in [-0.15, -0.1) is 5.10 Å². The van der Waals surface area contributed by atoms with Gasteiger partial charge in [0.25, 0.3) is 0 Å². The van der Waals surface area contributed by atoms with E-state index in [1.807, 2.05) is 51.1 Å². The zero-order valence-corrected chi connectivity index (χ0v) is 15.1.